The standard InChI is InChI=1S/C21H23FN2O2/c1-16(24-12-10-23-11-13-24)21(25)14-17-2-4-18(5-3-17)15-26-20-8-6-19(22)7-9-20/h2-9,23H,1,10-15H2. The van der Waals surface area contributed by atoms with Crippen LogP contribution in [0.2, 0.25) is 0 Å². The van der Waals surface area contributed by atoms with Crippen LogP contribution in [0.1, 0.15) is 11.1 Å². The molecule has 5 heteroatoms. The second kappa shape index (κ2) is 8.63. The van der Waals surface area contributed by atoms with Crippen LogP contribution in [0, 0.1) is 5.82 Å². The van der Waals surface area contributed by atoms with Gasteiger partial charge in [-0.2, -0.15) is 0 Å². The monoisotopic (exact) mass is 354 g/mol. The maximum atomic E-state index is 12.9. The van der Waals surface area contributed by atoms with Crippen molar-refractivity contribution in [3.63, 3.8) is 0 Å². The number of halogens is 1. The molecule has 1 N–H and O–H groups in total. The first kappa shape index (κ1) is 18.1. The van der Waals surface area contributed by atoms with Gasteiger partial charge in [-0.3, -0.25) is 4.79 Å². The van der Waals surface area contributed by atoms with Gasteiger partial charge in [0, 0.05) is 32.6 Å². The van der Waals surface area contributed by atoms with E-state index in [1.807, 2.05) is 29.2 Å². The molecule has 1 heterocycles. The van der Waals surface area contributed by atoms with Crippen LogP contribution in [-0.4, -0.2) is 36.9 Å². The average molecular weight is 354 g/mol. The number of Topliss-reactive ketones (excluding diaryl/α,β-unsaturated/α-hetero) is 1. The number of nitrogens with zero attached hydrogens (tertiary/aromatic N) is 1. The van der Waals surface area contributed by atoms with Gasteiger partial charge in [0.2, 0.25) is 0 Å². The molecule has 1 aliphatic heterocycles. The van der Waals surface area contributed by atoms with E-state index >= 15 is 0 Å². The number of allylic oxidation sites excluding steroid dienone is 1. The van der Waals surface area contributed by atoms with Crippen LogP contribution in [0.15, 0.2) is 60.8 Å². The molecule has 0 aromatic heterocycles. The normalized spacial score (nSPS) is 14.1. The minimum atomic E-state index is -0.284. The molecule has 0 aliphatic carbocycles. The highest BCUT2D eigenvalue weighted by Gasteiger charge is 2.17. The van der Waals surface area contributed by atoms with Gasteiger partial charge in [-0.15, -0.1) is 0 Å². The molecule has 2 aromatic rings. The van der Waals surface area contributed by atoms with Crippen molar-refractivity contribution in [2.45, 2.75) is 13.0 Å². The molecule has 2 aromatic carbocycles. The Morgan fingerprint density at radius 3 is 2.31 bits per heavy atom. The van der Waals surface area contributed by atoms with Crippen LogP contribution in [0.3, 0.4) is 0 Å². The third-order valence-electron chi connectivity index (χ3n) is 4.43. The lowest BCUT2D eigenvalue weighted by atomic mass is 10.0. The maximum Gasteiger partial charge on any atom is 0.182 e. The van der Waals surface area contributed by atoms with Gasteiger partial charge in [0.1, 0.15) is 18.2 Å². The van der Waals surface area contributed by atoms with Gasteiger partial charge in [-0.25, -0.2) is 4.39 Å². The van der Waals surface area contributed by atoms with Crippen molar-refractivity contribution < 1.29 is 13.9 Å². The number of rotatable bonds is 7. The van der Waals surface area contributed by atoms with Crippen molar-refractivity contribution in [2.75, 3.05) is 26.2 Å². The number of nitrogens with one attached hydrogen (secondary N) is 1. The summed E-state index contributed by atoms with van der Waals surface area (Å²) in [4.78, 5) is 14.5. The number of carbonyl (C=O) groups excluding carboxylic acids is 1. The fraction of sp³-hybridized carbons (Fsp3) is 0.286. The number of ether oxygens (including phenoxy) is 1. The van der Waals surface area contributed by atoms with Crippen molar-refractivity contribution in [3.8, 4) is 5.75 Å². The van der Waals surface area contributed by atoms with E-state index < -0.39 is 0 Å². The molecule has 0 spiro atoms. The van der Waals surface area contributed by atoms with E-state index in [0.29, 0.717) is 24.5 Å². The summed E-state index contributed by atoms with van der Waals surface area (Å²) in [7, 11) is 0. The summed E-state index contributed by atoms with van der Waals surface area (Å²) in [6.45, 7) is 7.77. The van der Waals surface area contributed by atoms with Crippen molar-refractivity contribution in [1.29, 1.82) is 0 Å². The summed E-state index contributed by atoms with van der Waals surface area (Å²) in [5, 5.41) is 3.27. The number of carbonyl (C=O) groups is 1. The second-order valence-corrected chi connectivity index (χ2v) is 6.34. The lowest BCUT2D eigenvalue weighted by molar-refractivity contribution is -0.116. The molecular formula is C21H23FN2O2. The first-order valence-electron chi connectivity index (χ1n) is 8.76. The van der Waals surface area contributed by atoms with Crippen molar-refractivity contribution in [1.82, 2.24) is 10.2 Å². The number of benzene rings is 2. The average Bonchev–Trinajstić information content (AvgIpc) is 2.68. The van der Waals surface area contributed by atoms with Crippen LogP contribution < -0.4 is 10.1 Å². The van der Waals surface area contributed by atoms with Crippen molar-refractivity contribution in [2.24, 2.45) is 0 Å². The van der Waals surface area contributed by atoms with Gasteiger partial charge in [0.05, 0.1) is 5.70 Å². The SMILES string of the molecule is C=C(C(=O)Cc1ccc(COc2ccc(F)cc2)cc1)N1CCNCC1. The highest BCUT2D eigenvalue weighted by Crippen LogP contribution is 2.15. The summed E-state index contributed by atoms with van der Waals surface area (Å²) in [6, 6.07) is 13.7. The van der Waals surface area contributed by atoms with Gasteiger partial charge in [-0.05, 0) is 35.4 Å². The highest BCUT2D eigenvalue weighted by atomic mass is 19.1. The van der Waals surface area contributed by atoms with Crippen LogP contribution >= 0.6 is 0 Å². The molecule has 3 rings (SSSR count). The van der Waals surface area contributed by atoms with Crippen LogP contribution in [0.25, 0.3) is 0 Å². The smallest absolute Gasteiger partial charge is 0.182 e. The van der Waals surface area contributed by atoms with E-state index in [-0.39, 0.29) is 11.6 Å². The molecule has 0 amide bonds. The zero-order valence-electron chi connectivity index (χ0n) is 14.7. The number of hydrogen-bond donors (Lipinski definition) is 1. The molecule has 0 unspecified atom stereocenters. The Kier molecular flexibility index (Phi) is 6.02. The Labute approximate surface area is 153 Å². The van der Waals surface area contributed by atoms with E-state index in [9.17, 15) is 9.18 Å². The van der Waals surface area contributed by atoms with Crippen LogP contribution in [0.4, 0.5) is 4.39 Å². The quantitative estimate of drug-likeness (QED) is 0.777. The molecule has 0 bridgehead atoms. The third-order valence-corrected chi connectivity index (χ3v) is 4.43. The minimum absolute atomic E-state index is 0.0576. The van der Waals surface area contributed by atoms with Crippen molar-refractivity contribution >= 4 is 5.78 Å². The summed E-state index contributed by atoms with van der Waals surface area (Å²) in [5.74, 6) is 0.397. The Balaban J connectivity index is 1.51. The zero-order chi connectivity index (χ0) is 18.4. The van der Waals surface area contributed by atoms with Crippen LogP contribution in [-0.2, 0) is 17.8 Å². The Morgan fingerprint density at radius 2 is 1.65 bits per heavy atom. The Morgan fingerprint density at radius 1 is 1.04 bits per heavy atom. The summed E-state index contributed by atoms with van der Waals surface area (Å²) in [6.07, 6.45) is 0.349. The summed E-state index contributed by atoms with van der Waals surface area (Å²) in [5.41, 5.74) is 2.54. The predicted octanol–water partition coefficient (Wildman–Crippen LogP) is 2.94. The minimum Gasteiger partial charge on any atom is -0.489 e. The maximum absolute atomic E-state index is 12.9. The Bertz CT molecular complexity index is 751. The van der Waals surface area contributed by atoms with Gasteiger partial charge in [-0.1, -0.05) is 30.8 Å². The second-order valence-electron chi connectivity index (χ2n) is 6.34. The highest BCUT2D eigenvalue weighted by molar-refractivity contribution is 5.95. The molecule has 1 fully saturated rings. The number of hydrogen-bond acceptors (Lipinski definition) is 4. The topological polar surface area (TPSA) is 41.6 Å². The fourth-order valence-corrected chi connectivity index (χ4v) is 2.85. The fourth-order valence-electron chi connectivity index (χ4n) is 2.85. The first-order valence-corrected chi connectivity index (χ1v) is 8.76. The molecule has 1 aliphatic rings. The van der Waals surface area contributed by atoms with E-state index in [1.165, 1.54) is 12.1 Å². The van der Waals surface area contributed by atoms with Crippen molar-refractivity contribution in [3.05, 3.63) is 77.8 Å². The largest absolute Gasteiger partial charge is 0.489 e. The van der Waals surface area contributed by atoms with Gasteiger partial charge in [0.15, 0.2) is 5.78 Å². The number of piperazine rings is 1. The van der Waals surface area contributed by atoms with E-state index in [4.69, 9.17) is 4.74 Å². The molecule has 0 radical (unpaired) electrons. The molecule has 136 valence electrons. The number of ketones is 1. The third kappa shape index (κ3) is 4.92. The van der Waals surface area contributed by atoms with Crippen LogP contribution in [0.5, 0.6) is 5.75 Å². The molecule has 0 saturated carbocycles. The lowest BCUT2D eigenvalue weighted by Gasteiger charge is -2.30. The predicted molar refractivity (Wildman–Crippen MR) is 99.5 cm³/mol. The summed E-state index contributed by atoms with van der Waals surface area (Å²) < 4.78 is 18.5. The van der Waals surface area contributed by atoms with E-state index in [0.717, 1.165) is 37.3 Å². The van der Waals surface area contributed by atoms with Gasteiger partial charge < -0.3 is 15.0 Å². The molecule has 26 heavy (non-hydrogen) atoms. The van der Waals surface area contributed by atoms with E-state index in [2.05, 4.69) is 11.9 Å². The molecule has 0 atom stereocenters. The van der Waals surface area contributed by atoms with E-state index in [1.54, 1.807) is 12.1 Å². The summed E-state index contributed by atoms with van der Waals surface area (Å²) >= 11 is 0. The zero-order valence-corrected chi connectivity index (χ0v) is 14.7. The lowest BCUT2D eigenvalue weighted by Crippen LogP contribution is -2.44. The molecule has 1 saturated heterocycles. The first-order chi connectivity index (χ1) is 12.6. The molecular weight excluding hydrogens is 331 g/mol. The molecule has 4 nitrogen and oxygen atoms in total. The Hall–Kier alpha value is -2.66. The van der Waals surface area contributed by atoms with Gasteiger partial charge in [0.25, 0.3) is 0 Å². The van der Waals surface area contributed by atoms with Gasteiger partial charge >= 0.3 is 0 Å².